The first-order valence-electron chi connectivity index (χ1n) is 10.9. The van der Waals surface area contributed by atoms with Crippen molar-refractivity contribution in [1.29, 1.82) is 0 Å². The summed E-state index contributed by atoms with van der Waals surface area (Å²) in [5.74, 6) is 1.07. The molecule has 1 saturated heterocycles. The Morgan fingerprint density at radius 3 is 2.74 bits per heavy atom. The number of carbonyl (C=O) groups is 1. The molecule has 0 unspecified atom stereocenters. The molecule has 182 valence electrons. The number of amides is 1. The first-order chi connectivity index (χ1) is 16.9. The number of aromatic nitrogens is 5. The first kappa shape index (κ1) is 23.1. The summed E-state index contributed by atoms with van der Waals surface area (Å²) in [5, 5.41) is 34.9. The number of halogens is 1. The molecule has 0 atom stereocenters. The number of aromatic amines is 1. The van der Waals surface area contributed by atoms with Crippen LogP contribution in [-0.2, 0) is 7.05 Å². The minimum absolute atomic E-state index is 0.174. The molecule has 1 amide bonds. The van der Waals surface area contributed by atoms with Crippen LogP contribution in [0.1, 0.15) is 10.4 Å². The van der Waals surface area contributed by atoms with Gasteiger partial charge in [-0.3, -0.25) is 9.89 Å². The SMILES string of the molecule is COc1cc(-c2nc(Nc3ccc4[nH]ncc4c3Cl)n(C)n2)ccc1C(=O)N1CC(CO)(CO)C1. The predicted molar refractivity (Wildman–Crippen MR) is 130 cm³/mol. The second-order valence-electron chi connectivity index (χ2n) is 8.66. The third-order valence-electron chi connectivity index (χ3n) is 6.27. The Morgan fingerprint density at radius 2 is 2.03 bits per heavy atom. The molecule has 5 rings (SSSR count). The van der Waals surface area contributed by atoms with E-state index in [1.807, 2.05) is 12.1 Å². The summed E-state index contributed by atoms with van der Waals surface area (Å²) in [4.78, 5) is 19.1. The van der Waals surface area contributed by atoms with Gasteiger partial charge in [-0.05, 0) is 24.3 Å². The van der Waals surface area contributed by atoms with E-state index in [9.17, 15) is 15.0 Å². The third kappa shape index (κ3) is 3.97. The Kier molecular flexibility index (Phi) is 5.83. The molecule has 4 N–H and O–H groups in total. The van der Waals surface area contributed by atoms with Gasteiger partial charge in [0.05, 0.1) is 53.7 Å². The van der Waals surface area contributed by atoms with E-state index >= 15 is 0 Å². The summed E-state index contributed by atoms with van der Waals surface area (Å²) in [5.41, 5.74) is 1.90. The molecule has 35 heavy (non-hydrogen) atoms. The van der Waals surface area contributed by atoms with Gasteiger partial charge in [-0.1, -0.05) is 17.7 Å². The lowest BCUT2D eigenvalue weighted by molar-refractivity contribution is -0.0589. The maximum absolute atomic E-state index is 13.0. The maximum Gasteiger partial charge on any atom is 0.257 e. The van der Waals surface area contributed by atoms with Crippen molar-refractivity contribution in [2.75, 3.05) is 38.7 Å². The van der Waals surface area contributed by atoms with Gasteiger partial charge >= 0.3 is 0 Å². The molecular weight excluding hydrogens is 474 g/mol. The monoisotopic (exact) mass is 497 g/mol. The molecule has 0 saturated carbocycles. The highest BCUT2D eigenvalue weighted by molar-refractivity contribution is 6.38. The normalized spacial score (nSPS) is 14.7. The average Bonchev–Trinajstić information content (AvgIpc) is 3.47. The van der Waals surface area contributed by atoms with Crippen molar-refractivity contribution in [3.05, 3.63) is 47.1 Å². The number of anilines is 2. The zero-order valence-electron chi connectivity index (χ0n) is 19.1. The maximum atomic E-state index is 13.0. The topological polar surface area (TPSA) is 141 Å². The first-order valence-corrected chi connectivity index (χ1v) is 11.2. The highest BCUT2D eigenvalue weighted by Crippen LogP contribution is 2.35. The van der Waals surface area contributed by atoms with E-state index in [0.29, 0.717) is 39.4 Å². The van der Waals surface area contributed by atoms with Gasteiger partial charge in [-0.25, -0.2) is 4.68 Å². The van der Waals surface area contributed by atoms with Crippen molar-refractivity contribution >= 4 is 40.0 Å². The Morgan fingerprint density at radius 1 is 1.26 bits per heavy atom. The van der Waals surface area contributed by atoms with Crippen LogP contribution in [0, 0.1) is 5.41 Å². The molecular formula is C23H24ClN7O4. The molecule has 2 aromatic heterocycles. The van der Waals surface area contributed by atoms with E-state index in [2.05, 4.69) is 25.6 Å². The molecule has 2 aromatic carbocycles. The number of methoxy groups -OCH3 is 1. The standard InChI is InChI=1S/C23H24ClN7O4/c1-30-22(26-17-6-5-16-15(19(17)24)8-25-28-16)27-20(29-30)13-3-4-14(18(7-13)35-2)21(34)31-9-23(10-31,11-32)12-33/h3-8,32-33H,9-12H2,1-2H3,(H,25,28)(H,26,27,29). The molecule has 11 nitrogen and oxygen atoms in total. The fourth-order valence-corrected chi connectivity index (χ4v) is 4.41. The van der Waals surface area contributed by atoms with Gasteiger partial charge in [0.25, 0.3) is 5.91 Å². The van der Waals surface area contributed by atoms with Crippen LogP contribution in [0.25, 0.3) is 22.3 Å². The predicted octanol–water partition coefficient (Wildman–Crippen LogP) is 2.19. The largest absolute Gasteiger partial charge is 0.496 e. The van der Waals surface area contributed by atoms with Crippen molar-refractivity contribution < 1.29 is 19.7 Å². The van der Waals surface area contributed by atoms with Crippen LogP contribution >= 0.6 is 11.6 Å². The van der Waals surface area contributed by atoms with E-state index in [0.717, 1.165) is 10.9 Å². The van der Waals surface area contributed by atoms with Crippen LogP contribution in [0.4, 0.5) is 11.6 Å². The molecule has 3 heterocycles. The quantitative estimate of drug-likeness (QED) is 0.304. The highest BCUT2D eigenvalue weighted by Gasteiger charge is 2.45. The van der Waals surface area contributed by atoms with Crippen molar-refractivity contribution in [1.82, 2.24) is 29.9 Å². The molecule has 0 bridgehead atoms. The number of rotatable bonds is 7. The molecule has 1 fully saturated rings. The van der Waals surface area contributed by atoms with Gasteiger partial charge in [-0.2, -0.15) is 10.1 Å². The van der Waals surface area contributed by atoms with E-state index in [-0.39, 0.29) is 32.2 Å². The summed E-state index contributed by atoms with van der Waals surface area (Å²) in [6.07, 6.45) is 1.66. The minimum atomic E-state index is -0.644. The van der Waals surface area contributed by atoms with E-state index < -0.39 is 5.41 Å². The lowest BCUT2D eigenvalue weighted by atomic mass is 9.81. The number of fused-ring (bicyclic) bond motifs is 1. The number of ether oxygens (including phenoxy) is 1. The van der Waals surface area contributed by atoms with Gasteiger partial charge in [0, 0.05) is 31.1 Å². The fourth-order valence-electron chi connectivity index (χ4n) is 4.15. The molecule has 0 aliphatic carbocycles. The zero-order chi connectivity index (χ0) is 24.7. The van der Waals surface area contributed by atoms with Crippen LogP contribution in [0.5, 0.6) is 5.75 Å². The van der Waals surface area contributed by atoms with Crippen LogP contribution in [-0.4, -0.2) is 79.4 Å². The number of aliphatic hydroxyl groups is 2. The number of hydrogen-bond acceptors (Lipinski definition) is 8. The van der Waals surface area contributed by atoms with Gasteiger partial charge in [0.1, 0.15) is 5.75 Å². The molecule has 1 aliphatic rings. The number of benzene rings is 2. The van der Waals surface area contributed by atoms with E-state index in [1.165, 1.54) is 7.11 Å². The summed E-state index contributed by atoms with van der Waals surface area (Å²) >= 11 is 6.51. The van der Waals surface area contributed by atoms with Gasteiger partial charge in [-0.15, -0.1) is 5.10 Å². The van der Waals surface area contributed by atoms with Gasteiger partial charge < -0.3 is 25.2 Å². The lowest BCUT2D eigenvalue weighted by Crippen LogP contribution is -2.62. The smallest absolute Gasteiger partial charge is 0.257 e. The molecule has 1 aliphatic heterocycles. The van der Waals surface area contributed by atoms with Crippen LogP contribution in [0.15, 0.2) is 36.5 Å². The lowest BCUT2D eigenvalue weighted by Gasteiger charge is -2.48. The van der Waals surface area contributed by atoms with Gasteiger partial charge in [0.15, 0.2) is 5.82 Å². The number of likely N-dealkylation sites (tertiary alicyclic amines) is 1. The third-order valence-corrected chi connectivity index (χ3v) is 6.68. The number of carbonyl (C=O) groups excluding carboxylic acids is 1. The number of nitrogens with zero attached hydrogens (tertiary/aromatic N) is 5. The second kappa shape index (κ2) is 8.84. The molecule has 0 spiro atoms. The summed E-state index contributed by atoms with van der Waals surface area (Å²) in [6.45, 7) is 0.222. The number of hydrogen-bond donors (Lipinski definition) is 4. The Hall–Kier alpha value is -3.67. The van der Waals surface area contributed by atoms with Crippen LogP contribution in [0.2, 0.25) is 5.02 Å². The van der Waals surface area contributed by atoms with Crippen molar-refractivity contribution in [2.24, 2.45) is 12.5 Å². The number of nitrogens with one attached hydrogen (secondary N) is 2. The van der Waals surface area contributed by atoms with Crippen molar-refractivity contribution in [2.45, 2.75) is 0 Å². The van der Waals surface area contributed by atoms with Crippen LogP contribution in [0.3, 0.4) is 0 Å². The Labute approximate surface area is 205 Å². The summed E-state index contributed by atoms with van der Waals surface area (Å²) in [6, 6.07) is 8.84. The van der Waals surface area contributed by atoms with Crippen molar-refractivity contribution in [3.63, 3.8) is 0 Å². The number of H-pyrrole nitrogens is 1. The Balaban J connectivity index is 1.38. The highest BCUT2D eigenvalue weighted by atomic mass is 35.5. The summed E-state index contributed by atoms with van der Waals surface area (Å²) < 4.78 is 7.08. The fraction of sp³-hybridized carbons (Fsp3) is 0.304. The van der Waals surface area contributed by atoms with Crippen molar-refractivity contribution in [3.8, 4) is 17.1 Å². The Bertz CT molecular complexity index is 1400. The second-order valence-corrected chi connectivity index (χ2v) is 9.04. The van der Waals surface area contributed by atoms with Crippen LogP contribution < -0.4 is 10.1 Å². The number of aliphatic hydroxyl groups excluding tert-OH is 2. The van der Waals surface area contributed by atoms with E-state index in [1.54, 1.807) is 41.0 Å². The van der Waals surface area contributed by atoms with Gasteiger partial charge in [0.2, 0.25) is 5.95 Å². The molecule has 0 radical (unpaired) electrons. The molecule has 12 heteroatoms. The van der Waals surface area contributed by atoms with E-state index in [4.69, 9.17) is 16.3 Å². The summed E-state index contributed by atoms with van der Waals surface area (Å²) in [7, 11) is 3.25. The average molecular weight is 498 g/mol. The zero-order valence-corrected chi connectivity index (χ0v) is 19.9. The molecule has 4 aromatic rings. The number of aryl methyl sites for hydroxylation is 1. The minimum Gasteiger partial charge on any atom is -0.496 e.